The average molecular weight is 1680 g/mol. The van der Waals surface area contributed by atoms with Gasteiger partial charge in [0.2, 0.25) is 17.7 Å². The van der Waals surface area contributed by atoms with Crippen LogP contribution in [0.1, 0.15) is 132 Å². The molecule has 3 aromatic heterocycles. The molecule has 3 aliphatic carbocycles. The van der Waals surface area contributed by atoms with Gasteiger partial charge in [0.25, 0.3) is 11.6 Å². The first kappa shape index (κ1) is 84.4. The number of hydrogen-bond donors (Lipinski definition) is 4. The van der Waals surface area contributed by atoms with Crippen molar-refractivity contribution in [2.75, 3.05) is 16.0 Å². The second-order valence-electron chi connectivity index (χ2n) is 29.6. The molecule has 6 aromatic carbocycles. The van der Waals surface area contributed by atoms with E-state index in [4.69, 9.17) is 20.9 Å². The minimum atomic E-state index is -5.01. The molecule has 1 unspecified atom stereocenters. The Kier molecular flexibility index (Phi) is 21.8. The van der Waals surface area contributed by atoms with E-state index in [9.17, 15) is 94.9 Å². The van der Waals surface area contributed by atoms with Crippen molar-refractivity contribution in [1.29, 1.82) is 0 Å². The number of nitrogens with zero attached hydrogens (tertiary/aromatic N) is 3. The van der Waals surface area contributed by atoms with Crippen LogP contribution in [0.15, 0.2) is 164 Å². The van der Waals surface area contributed by atoms with Gasteiger partial charge in [0.1, 0.15) is 22.6 Å². The summed E-state index contributed by atoms with van der Waals surface area (Å²) in [4.78, 5) is 74.9. The van der Waals surface area contributed by atoms with Crippen molar-refractivity contribution in [3.8, 4) is 57.0 Å². The van der Waals surface area contributed by atoms with Gasteiger partial charge in [-0.25, -0.2) is 15.0 Å². The number of alkyl halides is 15. The molecular formula is C81H65BClF15N6O14. The average Bonchev–Trinajstić information content (AvgIpc) is 1.40. The third kappa shape index (κ3) is 17.8. The fourth-order valence-electron chi connectivity index (χ4n) is 13.1. The largest absolute Gasteiger partial charge is 0.586 e. The molecule has 3 amide bonds. The maximum Gasteiger partial charge on any atom is 0.586 e. The number of pyridine rings is 3. The summed E-state index contributed by atoms with van der Waals surface area (Å²) in [7, 11) is -0.795. The summed E-state index contributed by atoms with van der Waals surface area (Å²) >= 11 is 5.97. The van der Waals surface area contributed by atoms with Crippen molar-refractivity contribution in [3.63, 3.8) is 0 Å². The van der Waals surface area contributed by atoms with Gasteiger partial charge in [-0.1, -0.05) is 109 Å². The highest BCUT2D eigenvalue weighted by molar-refractivity contribution is 6.62. The van der Waals surface area contributed by atoms with E-state index in [0.717, 1.165) is 29.8 Å². The Morgan fingerprint density at radius 1 is 0.424 bits per heavy atom. The van der Waals surface area contributed by atoms with Crippen LogP contribution in [0.4, 0.5) is 83.3 Å². The lowest BCUT2D eigenvalue weighted by Crippen LogP contribution is -2.41. The van der Waals surface area contributed by atoms with E-state index in [1.807, 2.05) is 34.6 Å². The van der Waals surface area contributed by atoms with E-state index in [1.165, 1.54) is 91.0 Å². The third-order valence-corrected chi connectivity index (χ3v) is 21.1. The van der Waals surface area contributed by atoms with Crippen LogP contribution in [-0.2, 0) is 39.9 Å². The van der Waals surface area contributed by atoms with Crippen molar-refractivity contribution in [2.24, 2.45) is 0 Å². The van der Waals surface area contributed by atoms with Crippen LogP contribution in [0.2, 0.25) is 5.15 Å². The number of aliphatic hydroxyl groups is 1. The van der Waals surface area contributed by atoms with Crippen molar-refractivity contribution in [2.45, 2.75) is 158 Å². The van der Waals surface area contributed by atoms with Crippen LogP contribution in [0.3, 0.4) is 0 Å². The van der Waals surface area contributed by atoms with E-state index in [2.05, 4.69) is 59.3 Å². The minimum Gasteiger partial charge on any atom is -0.399 e. The van der Waals surface area contributed by atoms with Crippen molar-refractivity contribution in [3.05, 3.63) is 219 Å². The summed E-state index contributed by atoms with van der Waals surface area (Å²) < 4.78 is 233. The molecule has 37 heteroatoms. The first-order valence-electron chi connectivity index (χ1n) is 35.9. The number of benzene rings is 6. The maximum atomic E-state index is 13.4. The van der Waals surface area contributed by atoms with Gasteiger partial charge in [-0.2, -0.15) is 39.5 Å². The van der Waals surface area contributed by atoms with E-state index in [0.29, 0.717) is 99.7 Å². The Labute approximate surface area is 665 Å². The molecule has 4 fully saturated rings. The standard InChI is InChI=1S/C25H19F5N2O4.C25H17F5N2O4.C17H13ClF2N2O3.C14H16BF3O3/c2*1-13-5-8-19(31-20(13)14-3-2-4-15(11-14)21(33)24(26,27)28)32-22(34)23(9-10-23)16-6-7-17-18(12-16)36-25(29,30)35-17;1-9-2-5-13(21-14(9)18)22-15(23)16(6-7-16)10-3-4-11-12(8-10)25-17(19,20)24-11;1-12(2)13(3,4)21-15(20-12)10-7-5-6-9(8-10)11(19)14(16,17)18/h2-8,11-12,21,33H,9-10H2,1H3,(H,31,32,34);2-8,11-12H,9-10H2,1H3,(H,31,32,34);2-5,8H,6-7H2,1H3,(H,21,22,23);5-8H,1-4H3. The number of Topliss-reactive ketones (excluding diaryl/α,β-unsaturated/α-hetero) is 2. The van der Waals surface area contributed by atoms with E-state index >= 15 is 0 Å². The molecule has 618 valence electrons. The van der Waals surface area contributed by atoms with Gasteiger partial charge < -0.3 is 58.8 Å². The molecule has 4 N–H and O–H groups in total. The number of ketones is 2. The Hall–Kier alpha value is -11.5. The number of rotatable bonds is 15. The molecule has 1 atom stereocenters. The molecular weight excluding hydrogens is 1610 g/mol. The first-order chi connectivity index (χ1) is 55.0. The highest BCUT2D eigenvalue weighted by Crippen LogP contribution is 2.56. The summed E-state index contributed by atoms with van der Waals surface area (Å²) in [5.41, 5.74) is 0.0679. The molecule has 7 aliphatic rings. The lowest BCUT2D eigenvalue weighted by molar-refractivity contribution is -0.287. The Balaban J connectivity index is 0.000000140. The fourth-order valence-corrected chi connectivity index (χ4v) is 13.3. The van der Waals surface area contributed by atoms with Crippen molar-refractivity contribution < 1.29 is 133 Å². The normalized spacial score (nSPS) is 18.3. The number of ether oxygens (including phenoxy) is 6. The molecule has 1 saturated heterocycles. The molecule has 0 radical (unpaired) electrons. The Morgan fingerprint density at radius 2 is 0.763 bits per heavy atom. The van der Waals surface area contributed by atoms with Crippen LogP contribution in [0.25, 0.3) is 22.5 Å². The molecule has 0 spiro atoms. The van der Waals surface area contributed by atoms with Crippen molar-refractivity contribution >= 4 is 70.9 Å². The van der Waals surface area contributed by atoms with Gasteiger partial charge in [-0.15, -0.1) is 26.3 Å². The number of carbonyl (C=O) groups excluding carboxylic acids is 5. The van der Waals surface area contributed by atoms with E-state index in [-0.39, 0.29) is 63.2 Å². The number of aryl methyl sites for hydroxylation is 3. The van der Waals surface area contributed by atoms with Crippen LogP contribution < -0.4 is 49.8 Å². The summed E-state index contributed by atoms with van der Waals surface area (Å²) in [6, 6.07) is 38.2. The number of nitrogens with one attached hydrogen (secondary N) is 3. The summed E-state index contributed by atoms with van der Waals surface area (Å²) in [6.45, 7) is 12.6. The number of aromatic nitrogens is 3. The quantitative estimate of drug-likeness (QED) is 0.0322. The summed E-state index contributed by atoms with van der Waals surface area (Å²) in [6.07, 6.45) is -25.5. The first-order valence-corrected chi connectivity index (χ1v) is 36.2. The van der Waals surface area contributed by atoms with Gasteiger partial charge in [-0.05, 0) is 198 Å². The zero-order chi connectivity index (χ0) is 85.6. The predicted octanol–water partition coefficient (Wildman–Crippen LogP) is 18.2. The molecule has 7 heterocycles. The predicted molar refractivity (Wildman–Crippen MR) is 393 cm³/mol. The number of fused-ring (bicyclic) bond motifs is 3. The summed E-state index contributed by atoms with van der Waals surface area (Å²) in [5, 5.41) is 18.1. The Bertz CT molecular complexity index is 5490. The molecule has 9 aromatic rings. The number of amides is 3. The summed E-state index contributed by atoms with van der Waals surface area (Å²) in [5.74, 6) is -4.96. The van der Waals surface area contributed by atoms with E-state index < -0.39 is 113 Å². The van der Waals surface area contributed by atoms with Gasteiger partial charge in [-0.3, -0.25) is 24.0 Å². The number of aliphatic hydroxyl groups excluding tert-OH is 1. The van der Waals surface area contributed by atoms with Crippen LogP contribution in [0.5, 0.6) is 34.5 Å². The third-order valence-electron chi connectivity index (χ3n) is 20.7. The zero-order valence-electron chi connectivity index (χ0n) is 62.6. The maximum absolute atomic E-state index is 13.4. The van der Waals surface area contributed by atoms with Crippen LogP contribution in [0, 0.1) is 20.8 Å². The molecule has 4 aliphatic heterocycles. The van der Waals surface area contributed by atoms with Gasteiger partial charge in [0.05, 0.1) is 38.8 Å². The number of anilines is 3. The fraction of sp³-hybridized carbons (Fsp3) is 0.309. The highest BCUT2D eigenvalue weighted by atomic mass is 35.5. The monoisotopic (exact) mass is 1680 g/mol. The smallest absolute Gasteiger partial charge is 0.399 e. The number of halogens is 16. The highest BCUT2D eigenvalue weighted by Gasteiger charge is 2.57. The SMILES string of the molecule is CC1(C)OB(c2cccc(C(=O)C(F)(F)F)c2)OC1(C)C.Cc1ccc(NC(=O)C2(c3ccc4c(c3)OC(F)(F)O4)CC2)nc1-c1cccc(C(=O)C(F)(F)F)c1.Cc1ccc(NC(=O)C2(c3ccc4c(c3)OC(F)(F)O4)CC2)nc1-c1cccc(C(O)C(F)(F)F)c1.Cc1ccc(NC(=O)C2(c3ccc4c(c3)OC(F)(F)O4)CC2)nc1Cl. The molecule has 16 rings (SSSR count). The minimum absolute atomic E-state index is 0.0445. The second kappa shape index (κ2) is 30.5. The topological polar surface area (TPSA) is 254 Å². The van der Waals surface area contributed by atoms with Gasteiger partial charge >= 0.3 is 44.5 Å². The number of hydrogen-bond acceptors (Lipinski definition) is 17. The Morgan fingerprint density at radius 3 is 1.13 bits per heavy atom. The second-order valence-corrected chi connectivity index (χ2v) is 30.0. The molecule has 118 heavy (non-hydrogen) atoms. The van der Waals surface area contributed by atoms with Gasteiger partial charge in [0, 0.05) is 22.3 Å². The van der Waals surface area contributed by atoms with Gasteiger partial charge in [0.15, 0.2) is 40.6 Å². The molecule has 20 nitrogen and oxygen atoms in total. The van der Waals surface area contributed by atoms with E-state index in [1.54, 1.807) is 62.4 Å². The lowest BCUT2D eigenvalue weighted by atomic mass is 9.78. The number of carbonyl (C=O) groups is 5. The van der Waals surface area contributed by atoms with Crippen LogP contribution in [-0.4, -0.2) is 105 Å². The van der Waals surface area contributed by atoms with Crippen LogP contribution >= 0.6 is 11.6 Å². The zero-order valence-corrected chi connectivity index (χ0v) is 63.4. The van der Waals surface area contributed by atoms with Crippen molar-refractivity contribution in [1.82, 2.24) is 15.0 Å². The molecule has 3 saturated carbocycles. The molecule has 0 bridgehead atoms. The lowest BCUT2D eigenvalue weighted by Gasteiger charge is -2.32.